The lowest BCUT2D eigenvalue weighted by Gasteiger charge is -2.21. The van der Waals surface area contributed by atoms with Crippen molar-refractivity contribution in [2.75, 3.05) is 19.6 Å². The van der Waals surface area contributed by atoms with Gasteiger partial charge in [-0.15, -0.1) is 12.4 Å². The summed E-state index contributed by atoms with van der Waals surface area (Å²) in [6, 6.07) is 10.6. The molecule has 3 nitrogen and oxygen atoms in total. The molecule has 0 aliphatic carbocycles. The summed E-state index contributed by atoms with van der Waals surface area (Å²) < 4.78 is 0. The van der Waals surface area contributed by atoms with Crippen LogP contribution in [-0.2, 0) is 11.2 Å². The van der Waals surface area contributed by atoms with Crippen LogP contribution in [0.3, 0.4) is 0 Å². The van der Waals surface area contributed by atoms with Crippen LogP contribution < -0.4 is 10.6 Å². The Bertz CT molecular complexity index is 391. The summed E-state index contributed by atoms with van der Waals surface area (Å²) in [7, 11) is 0. The molecule has 0 radical (unpaired) electrons. The molecule has 4 heteroatoms. The molecule has 1 aliphatic rings. The Balaban J connectivity index is 0.00000220. The van der Waals surface area contributed by atoms with E-state index in [4.69, 9.17) is 0 Å². The van der Waals surface area contributed by atoms with Gasteiger partial charge in [-0.05, 0) is 50.8 Å². The van der Waals surface area contributed by atoms with Crippen molar-refractivity contribution in [2.45, 2.75) is 38.5 Å². The molecule has 0 atom stereocenters. The lowest BCUT2D eigenvalue weighted by Crippen LogP contribution is -2.38. The molecule has 2 N–H and O–H groups in total. The highest BCUT2D eigenvalue weighted by atomic mass is 35.5. The Morgan fingerprint density at radius 1 is 1.10 bits per heavy atom. The summed E-state index contributed by atoms with van der Waals surface area (Å²) in [5.41, 5.74) is 1.41. The highest BCUT2D eigenvalue weighted by Crippen LogP contribution is 2.11. The maximum Gasteiger partial charge on any atom is 0.223 e. The molecule has 0 spiro atoms. The van der Waals surface area contributed by atoms with Crippen molar-refractivity contribution >= 4 is 18.3 Å². The molecule has 1 aromatic rings. The van der Waals surface area contributed by atoms with Gasteiger partial charge in [-0.25, -0.2) is 0 Å². The van der Waals surface area contributed by atoms with E-state index in [0.717, 1.165) is 45.3 Å². The number of hydrogen-bond acceptors (Lipinski definition) is 2. The fourth-order valence-corrected chi connectivity index (χ4v) is 2.72. The number of hydrogen-bond donors (Lipinski definition) is 2. The predicted molar refractivity (Wildman–Crippen MR) is 89.8 cm³/mol. The van der Waals surface area contributed by atoms with Gasteiger partial charge in [-0.1, -0.05) is 36.8 Å². The fraction of sp³-hybridized carbons (Fsp3) is 0.588. The van der Waals surface area contributed by atoms with Crippen molar-refractivity contribution in [1.82, 2.24) is 10.6 Å². The number of unbranched alkanes of at least 4 members (excludes halogenated alkanes) is 2. The Morgan fingerprint density at radius 2 is 1.81 bits per heavy atom. The summed E-state index contributed by atoms with van der Waals surface area (Å²) >= 11 is 0. The second-order valence-electron chi connectivity index (χ2n) is 5.61. The van der Waals surface area contributed by atoms with Crippen LogP contribution in [0.1, 0.15) is 37.7 Å². The summed E-state index contributed by atoms with van der Waals surface area (Å²) in [5, 5.41) is 6.37. The molecule has 2 rings (SSSR count). The van der Waals surface area contributed by atoms with Crippen molar-refractivity contribution in [1.29, 1.82) is 0 Å². The third kappa shape index (κ3) is 6.96. The highest BCUT2D eigenvalue weighted by molar-refractivity contribution is 5.85. The topological polar surface area (TPSA) is 41.1 Å². The molecule has 1 aliphatic heterocycles. The van der Waals surface area contributed by atoms with Gasteiger partial charge in [-0.2, -0.15) is 0 Å². The third-order valence-electron chi connectivity index (χ3n) is 3.99. The van der Waals surface area contributed by atoms with Crippen LogP contribution in [0.4, 0.5) is 0 Å². The molecule has 1 fully saturated rings. The van der Waals surface area contributed by atoms with Gasteiger partial charge in [0.1, 0.15) is 0 Å². The molecular formula is C17H27ClN2O. The summed E-state index contributed by atoms with van der Waals surface area (Å²) in [4.78, 5) is 11.9. The van der Waals surface area contributed by atoms with Gasteiger partial charge < -0.3 is 10.6 Å². The molecule has 1 aromatic carbocycles. The lowest BCUT2D eigenvalue weighted by molar-refractivity contribution is -0.125. The standard InChI is InChI=1S/C17H26N2O.ClH/c20-17(16-10-13-18-14-11-16)19-12-6-2-5-9-15-7-3-1-4-8-15;/h1,3-4,7-8,16,18H,2,5-6,9-14H2,(H,19,20);1H. The van der Waals surface area contributed by atoms with E-state index in [2.05, 4.69) is 41.0 Å². The molecule has 0 unspecified atom stereocenters. The predicted octanol–water partition coefficient (Wildman–Crippen LogP) is 2.94. The monoisotopic (exact) mass is 310 g/mol. The van der Waals surface area contributed by atoms with Crippen LogP contribution in [0.15, 0.2) is 30.3 Å². The van der Waals surface area contributed by atoms with Gasteiger partial charge in [0.2, 0.25) is 5.91 Å². The minimum Gasteiger partial charge on any atom is -0.356 e. The second kappa shape index (κ2) is 10.6. The normalized spacial score (nSPS) is 15.2. The van der Waals surface area contributed by atoms with Gasteiger partial charge >= 0.3 is 0 Å². The second-order valence-corrected chi connectivity index (χ2v) is 5.61. The zero-order valence-corrected chi connectivity index (χ0v) is 13.5. The Kier molecular flexibility index (Phi) is 9.11. The van der Waals surface area contributed by atoms with Crippen LogP contribution in [0, 0.1) is 5.92 Å². The first-order valence-electron chi connectivity index (χ1n) is 7.88. The van der Waals surface area contributed by atoms with Crippen LogP contribution >= 0.6 is 12.4 Å². The smallest absolute Gasteiger partial charge is 0.223 e. The van der Waals surface area contributed by atoms with Crippen molar-refractivity contribution in [2.24, 2.45) is 5.92 Å². The van der Waals surface area contributed by atoms with E-state index in [-0.39, 0.29) is 24.2 Å². The first-order chi connectivity index (χ1) is 9.86. The van der Waals surface area contributed by atoms with Gasteiger partial charge in [0, 0.05) is 12.5 Å². The van der Waals surface area contributed by atoms with Crippen LogP contribution in [0.5, 0.6) is 0 Å². The third-order valence-corrected chi connectivity index (χ3v) is 3.99. The van der Waals surface area contributed by atoms with Crippen molar-refractivity contribution < 1.29 is 4.79 Å². The van der Waals surface area contributed by atoms with Crippen LogP contribution in [-0.4, -0.2) is 25.5 Å². The zero-order chi connectivity index (χ0) is 14.0. The Labute approximate surface area is 134 Å². The summed E-state index contributed by atoms with van der Waals surface area (Å²) in [5.74, 6) is 0.495. The number of piperidine rings is 1. The Hall–Kier alpha value is -1.06. The maximum absolute atomic E-state index is 11.9. The SMILES string of the molecule is Cl.O=C(NCCCCCc1ccccc1)C1CCNCC1. The van der Waals surface area contributed by atoms with Gasteiger partial charge in [0.15, 0.2) is 0 Å². The number of amides is 1. The highest BCUT2D eigenvalue weighted by Gasteiger charge is 2.19. The molecule has 1 saturated heterocycles. The minimum atomic E-state index is 0. The molecular weight excluding hydrogens is 284 g/mol. The maximum atomic E-state index is 11.9. The van der Waals surface area contributed by atoms with E-state index in [1.165, 1.54) is 18.4 Å². The molecule has 1 heterocycles. The first-order valence-corrected chi connectivity index (χ1v) is 7.88. The number of rotatable bonds is 7. The van der Waals surface area contributed by atoms with Gasteiger partial charge in [0.05, 0.1) is 0 Å². The van der Waals surface area contributed by atoms with Crippen molar-refractivity contribution in [3.63, 3.8) is 0 Å². The molecule has 118 valence electrons. The summed E-state index contributed by atoms with van der Waals surface area (Å²) in [6.07, 6.45) is 6.58. The lowest BCUT2D eigenvalue weighted by atomic mass is 9.97. The van der Waals surface area contributed by atoms with E-state index in [1.807, 2.05) is 0 Å². The van der Waals surface area contributed by atoms with E-state index < -0.39 is 0 Å². The first kappa shape index (κ1) is 18.0. The minimum absolute atomic E-state index is 0. The zero-order valence-electron chi connectivity index (χ0n) is 12.6. The fourth-order valence-electron chi connectivity index (χ4n) is 2.72. The van der Waals surface area contributed by atoms with E-state index in [1.54, 1.807) is 0 Å². The van der Waals surface area contributed by atoms with E-state index in [9.17, 15) is 4.79 Å². The number of nitrogens with one attached hydrogen (secondary N) is 2. The molecule has 0 aromatic heterocycles. The molecule has 0 bridgehead atoms. The number of benzene rings is 1. The van der Waals surface area contributed by atoms with Gasteiger partial charge in [0.25, 0.3) is 0 Å². The van der Waals surface area contributed by atoms with Crippen LogP contribution in [0.2, 0.25) is 0 Å². The number of aryl methyl sites for hydroxylation is 1. The Morgan fingerprint density at radius 3 is 2.52 bits per heavy atom. The number of carbonyl (C=O) groups excluding carboxylic acids is 1. The van der Waals surface area contributed by atoms with Crippen LogP contribution in [0.25, 0.3) is 0 Å². The largest absolute Gasteiger partial charge is 0.356 e. The number of carbonyl (C=O) groups is 1. The van der Waals surface area contributed by atoms with Crippen molar-refractivity contribution in [3.05, 3.63) is 35.9 Å². The molecule has 0 saturated carbocycles. The quantitative estimate of drug-likeness (QED) is 0.760. The number of halogens is 1. The molecule has 1 amide bonds. The average molecular weight is 311 g/mol. The van der Waals surface area contributed by atoms with Crippen molar-refractivity contribution in [3.8, 4) is 0 Å². The molecule has 21 heavy (non-hydrogen) atoms. The van der Waals surface area contributed by atoms with E-state index in [0.29, 0.717) is 0 Å². The summed E-state index contributed by atoms with van der Waals surface area (Å²) in [6.45, 7) is 2.79. The van der Waals surface area contributed by atoms with E-state index >= 15 is 0 Å². The van der Waals surface area contributed by atoms with Gasteiger partial charge in [-0.3, -0.25) is 4.79 Å². The average Bonchev–Trinajstić information content (AvgIpc) is 2.52.